The Balaban J connectivity index is 2.43. The molecule has 0 radical (unpaired) electrons. The van der Waals surface area contributed by atoms with Crippen LogP contribution >= 0.6 is 15.9 Å². The molecule has 84 valence electrons. The molecular formula is C10H12BrN5. The maximum absolute atomic E-state index is 4.44. The molecule has 0 amide bonds. The van der Waals surface area contributed by atoms with E-state index in [0.717, 1.165) is 22.5 Å². The Labute approximate surface area is 102 Å². The molecule has 0 bridgehead atoms. The summed E-state index contributed by atoms with van der Waals surface area (Å²) < 4.78 is 2.75. The first-order chi connectivity index (χ1) is 7.72. The lowest BCUT2D eigenvalue weighted by Gasteiger charge is -2.07. The molecule has 2 heterocycles. The Hall–Kier alpha value is -1.43. The van der Waals surface area contributed by atoms with Crippen LogP contribution in [-0.4, -0.2) is 26.1 Å². The molecule has 6 heteroatoms. The normalized spacial score (nSPS) is 10.4. The third kappa shape index (κ3) is 2.06. The number of halogens is 1. The second-order valence-electron chi connectivity index (χ2n) is 3.31. The zero-order valence-corrected chi connectivity index (χ0v) is 10.7. The van der Waals surface area contributed by atoms with E-state index in [-0.39, 0.29) is 0 Å². The number of nitrogens with one attached hydrogen (secondary N) is 1. The van der Waals surface area contributed by atoms with E-state index in [1.807, 2.05) is 18.5 Å². The molecule has 16 heavy (non-hydrogen) atoms. The second-order valence-corrected chi connectivity index (χ2v) is 4.16. The molecule has 0 aliphatic heterocycles. The quantitative estimate of drug-likeness (QED) is 0.936. The Morgan fingerprint density at radius 2 is 2.25 bits per heavy atom. The van der Waals surface area contributed by atoms with Crippen molar-refractivity contribution in [3.63, 3.8) is 0 Å². The van der Waals surface area contributed by atoms with Gasteiger partial charge >= 0.3 is 0 Å². The van der Waals surface area contributed by atoms with Crippen molar-refractivity contribution in [2.75, 3.05) is 11.9 Å². The van der Waals surface area contributed by atoms with Gasteiger partial charge in [0.25, 0.3) is 0 Å². The molecule has 0 saturated heterocycles. The van der Waals surface area contributed by atoms with Crippen LogP contribution in [0.25, 0.3) is 11.5 Å². The summed E-state index contributed by atoms with van der Waals surface area (Å²) in [6, 6.07) is 0. The van der Waals surface area contributed by atoms with Crippen LogP contribution in [0.2, 0.25) is 0 Å². The lowest BCUT2D eigenvalue weighted by atomic mass is 10.4. The van der Waals surface area contributed by atoms with Gasteiger partial charge in [0, 0.05) is 19.8 Å². The van der Waals surface area contributed by atoms with Gasteiger partial charge in [0.1, 0.15) is 11.5 Å². The SMILES string of the molecule is CCNc1nc(-c2cncn2C)ncc1Br. The summed E-state index contributed by atoms with van der Waals surface area (Å²) in [5.41, 5.74) is 0.895. The van der Waals surface area contributed by atoms with Crippen molar-refractivity contribution in [3.8, 4) is 11.5 Å². The Morgan fingerprint density at radius 3 is 2.88 bits per heavy atom. The maximum Gasteiger partial charge on any atom is 0.179 e. The van der Waals surface area contributed by atoms with Gasteiger partial charge in [-0.05, 0) is 22.9 Å². The molecule has 2 rings (SSSR count). The number of aryl methyl sites for hydroxylation is 1. The van der Waals surface area contributed by atoms with E-state index in [1.54, 1.807) is 18.7 Å². The van der Waals surface area contributed by atoms with Crippen LogP contribution in [0.1, 0.15) is 6.92 Å². The molecule has 2 aromatic rings. The van der Waals surface area contributed by atoms with Gasteiger partial charge in [-0.3, -0.25) is 0 Å². The first-order valence-electron chi connectivity index (χ1n) is 4.95. The first-order valence-corrected chi connectivity index (χ1v) is 5.74. The van der Waals surface area contributed by atoms with Gasteiger partial charge in [-0.2, -0.15) is 0 Å². The predicted molar refractivity (Wildman–Crippen MR) is 66.1 cm³/mol. The van der Waals surface area contributed by atoms with Crippen molar-refractivity contribution in [1.29, 1.82) is 0 Å². The third-order valence-corrected chi connectivity index (χ3v) is 2.71. The van der Waals surface area contributed by atoms with E-state index in [0.29, 0.717) is 5.82 Å². The van der Waals surface area contributed by atoms with E-state index >= 15 is 0 Å². The summed E-state index contributed by atoms with van der Waals surface area (Å²) in [4.78, 5) is 12.7. The predicted octanol–water partition coefficient (Wildman–Crippen LogP) is 2.07. The van der Waals surface area contributed by atoms with Gasteiger partial charge in [-0.15, -0.1) is 0 Å². The van der Waals surface area contributed by atoms with Crippen LogP contribution in [0.5, 0.6) is 0 Å². The summed E-state index contributed by atoms with van der Waals surface area (Å²) in [5.74, 6) is 1.47. The standard InChI is InChI=1S/C10H12BrN5/c1-3-13-9-7(11)4-14-10(15-9)8-5-12-6-16(8)2/h4-6H,3H2,1-2H3,(H,13,14,15). The number of hydrogen-bond donors (Lipinski definition) is 1. The van der Waals surface area contributed by atoms with Crippen LogP contribution in [0.15, 0.2) is 23.2 Å². The number of imidazole rings is 1. The number of rotatable bonds is 3. The van der Waals surface area contributed by atoms with E-state index in [4.69, 9.17) is 0 Å². The molecule has 0 fully saturated rings. The molecule has 0 unspecified atom stereocenters. The van der Waals surface area contributed by atoms with E-state index in [1.165, 1.54) is 0 Å². The molecule has 0 saturated carbocycles. The number of aromatic nitrogens is 4. The lowest BCUT2D eigenvalue weighted by molar-refractivity contribution is 0.907. The fourth-order valence-corrected chi connectivity index (χ4v) is 1.69. The Morgan fingerprint density at radius 1 is 1.44 bits per heavy atom. The van der Waals surface area contributed by atoms with Gasteiger partial charge in [-0.1, -0.05) is 0 Å². The van der Waals surface area contributed by atoms with Crippen molar-refractivity contribution < 1.29 is 0 Å². The summed E-state index contributed by atoms with van der Waals surface area (Å²) >= 11 is 3.40. The van der Waals surface area contributed by atoms with Crippen LogP contribution in [0.3, 0.4) is 0 Å². The summed E-state index contributed by atoms with van der Waals surface area (Å²) in [6.07, 6.45) is 5.22. The highest BCUT2D eigenvalue weighted by atomic mass is 79.9. The molecular weight excluding hydrogens is 270 g/mol. The minimum absolute atomic E-state index is 0.666. The highest BCUT2D eigenvalue weighted by molar-refractivity contribution is 9.10. The van der Waals surface area contributed by atoms with Crippen molar-refractivity contribution in [3.05, 3.63) is 23.2 Å². The monoisotopic (exact) mass is 281 g/mol. The molecule has 0 aromatic carbocycles. The Kier molecular flexibility index (Phi) is 3.19. The van der Waals surface area contributed by atoms with Gasteiger partial charge in [0.05, 0.1) is 17.0 Å². The third-order valence-electron chi connectivity index (χ3n) is 2.13. The fourth-order valence-electron chi connectivity index (χ4n) is 1.35. The van der Waals surface area contributed by atoms with Crippen molar-refractivity contribution in [2.24, 2.45) is 7.05 Å². The highest BCUT2D eigenvalue weighted by Crippen LogP contribution is 2.22. The molecule has 5 nitrogen and oxygen atoms in total. The molecule has 0 atom stereocenters. The average Bonchev–Trinajstić information content (AvgIpc) is 2.68. The maximum atomic E-state index is 4.44. The van der Waals surface area contributed by atoms with Crippen LogP contribution in [0, 0.1) is 0 Å². The van der Waals surface area contributed by atoms with Crippen LogP contribution in [0.4, 0.5) is 5.82 Å². The summed E-state index contributed by atoms with van der Waals surface area (Å²) in [5, 5.41) is 3.17. The van der Waals surface area contributed by atoms with E-state index in [2.05, 4.69) is 36.2 Å². The van der Waals surface area contributed by atoms with Crippen molar-refractivity contribution >= 4 is 21.7 Å². The van der Waals surface area contributed by atoms with Gasteiger partial charge in [0.15, 0.2) is 5.82 Å². The van der Waals surface area contributed by atoms with Gasteiger partial charge in [0.2, 0.25) is 0 Å². The molecule has 0 aliphatic carbocycles. The van der Waals surface area contributed by atoms with Gasteiger partial charge < -0.3 is 9.88 Å². The van der Waals surface area contributed by atoms with Gasteiger partial charge in [-0.25, -0.2) is 15.0 Å². The number of nitrogens with zero attached hydrogens (tertiary/aromatic N) is 4. The number of hydrogen-bond acceptors (Lipinski definition) is 4. The summed E-state index contributed by atoms with van der Waals surface area (Å²) in [7, 11) is 1.92. The average molecular weight is 282 g/mol. The van der Waals surface area contributed by atoms with E-state index in [9.17, 15) is 0 Å². The molecule has 0 aliphatic rings. The molecule has 1 N–H and O–H groups in total. The first kappa shape index (κ1) is 11.1. The van der Waals surface area contributed by atoms with Crippen molar-refractivity contribution in [2.45, 2.75) is 6.92 Å². The topological polar surface area (TPSA) is 55.6 Å². The Bertz CT molecular complexity index is 494. The van der Waals surface area contributed by atoms with Crippen LogP contribution < -0.4 is 5.32 Å². The zero-order chi connectivity index (χ0) is 11.5. The van der Waals surface area contributed by atoms with E-state index < -0.39 is 0 Å². The summed E-state index contributed by atoms with van der Waals surface area (Å²) in [6.45, 7) is 2.85. The zero-order valence-electron chi connectivity index (χ0n) is 9.11. The largest absolute Gasteiger partial charge is 0.369 e. The fraction of sp³-hybridized carbons (Fsp3) is 0.300. The minimum Gasteiger partial charge on any atom is -0.369 e. The smallest absolute Gasteiger partial charge is 0.179 e. The molecule has 2 aromatic heterocycles. The number of anilines is 1. The van der Waals surface area contributed by atoms with Crippen LogP contribution in [-0.2, 0) is 7.05 Å². The minimum atomic E-state index is 0.666. The highest BCUT2D eigenvalue weighted by Gasteiger charge is 2.08. The lowest BCUT2D eigenvalue weighted by Crippen LogP contribution is -2.03. The van der Waals surface area contributed by atoms with Crippen molar-refractivity contribution in [1.82, 2.24) is 19.5 Å². The second kappa shape index (κ2) is 4.61. The molecule has 0 spiro atoms.